The van der Waals surface area contributed by atoms with Gasteiger partial charge in [-0.15, -0.1) is 10.2 Å². The molecular formula is C10H17N5O4. The summed E-state index contributed by atoms with van der Waals surface area (Å²) in [6, 6.07) is -2.52. The van der Waals surface area contributed by atoms with Crippen molar-refractivity contribution in [3.8, 4) is 0 Å². The lowest BCUT2D eigenvalue weighted by Gasteiger charge is -2.19. The molecule has 1 aromatic heterocycles. The number of aromatic nitrogens is 3. The minimum atomic E-state index is -1.37. The molecule has 1 unspecified atom stereocenters. The van der Waals surface area contributed by atoms with Crippen molar-refractivity contribution in [2.24, 2.45) is 7.05 Å². The van der Waals surface area contributed by atoms with Crippen LogP contribution in [0.3, 0.4) is 0 Å². The van der Waals surface area contributed by atoms with Crippen molar-refractivity contribution in [3.05, 3.63) is 12.2 Å². The van der Waals surface area contributed by atoms with Gasteiger partial charge in [-0.2, -0.15) is 0 Å². The summed E-state index contributed by atoms with van der Waals surface area (Å²) < 4.78 is 1.63. The molecule has 9 nitrogen and oxygen atoms in total. The molecule has 0 aromatic carbocycles. The van der Waals surface area contributed by atoms with Gasteiger partial charge < -0.3 is 25.4 Å². The Bertz CT molecular complexity index is 459. The van der Waals surface area contributed by atoms with Gasteiger partial charge >= 0.3 is 12.0 Å². The van der Waals surface area contributed by atoms with Crippen molar-refractivity contribution in [3.63, 3.8) is 0 Å². The first-order chi connectivity index (χ1) is 8.82. The number of amides is 2. The maximum absolute atomic E-state index is 11.6. The maximum atomic E-state index is 11.6. The zero-order chi connectivity index (χ0) is 14.6. The molecule has 0 bridgehead atoms. The quantitative estimate of drug-likeness (QED) is 0.544. The van der Waals surface area contributed by atoms with E-state index in [0.29, 0.717) is 5.82 Å². The van der Waals surface area contributed by atoms with Gasteiger partial charge in [0.1, 0.15) is 6.33 Å². The van der Waals surface area contributed by atoms with E-state index < -0.39 is 30.2 Å². The highest BCUT2D eigenvalue weighted by Gasteiger charge is 2.25. The molecule has 0 aliphatic carbocycles. The number of aryl methyl sites for hydroxylation is 1. The second-order valence-corrected chi connectivity index (χ2v) is 4.20. The first-order valence-corrected chi connectivity index (χ1v) is 5.64. The lowest BCUT2D eigenvalue weighted by molar-refractivity contribution is -0.141. The standard InChI is InChI=1S/C10H17N5O4/c1-5(8-14-11-4-15(8)3)12-10(19)13-7(6(2)16)9(17)18/h4-7,16H,1-3H3,(H,17,18)(H2,12,13,19)/t5?,6-,7+/m1/s1. The summed E-state index contributed by atoms with van der Waals surface area (Å²) in [5.74, 6) is -0.782. The Hall–Kier alpha value is -2.16. The molecule has 106 valence electrons. The van der Waals surface area contributed by atoms with Crippen molar-refractivity contribution < 1.29 is 19.8 Å². The highest BCUT2D eigenvalue weighted by Crippen LogP contribution is 2.06. The van der Waals surface area contributed by atoms with Crippen LogP contribution in [0.1, 0.15) is 25.7 Å². The van der Waals surface area contributed by atoms with E-state index in [0.717, 1.165) is 0 Å². The van der Waals surface area contributed by atoms with Gasteiger partial charge in [-0.1, -0.05) is 0 Å². The molecule has 2 amide bonds. The normalized spacial score (nSPS) is 15.4. The summed E-state index contributed by atoms with van der Waals surface area (Å²) >= 11 is 0. The monoisotopic (exact) mass is 271 g/mol. The first-order valence-electron chi connectivity index (χ1n) is 5.64. The Morgan fingerprint density at radius 3 is 2.42 bits per heavy atom. The van der Waals surface area contributed by atoms with Crippen LogP contribution >= 0.6 is 0 Å². The van der Waals surface area contributed by atoms with Gasteiger partial charge in [0.25, 0.3) is 0 Å². The van der Waals surface area contributed by atoms with E-state index in [2.05, 4.69) is 20.8 Å². The highest BCUT2D eigenvalue weighted by molar-refractivity contribution is 5.83. The van der Waals surface area contributed by atoms with Crippen LogP contribution in [0.4, 0.5) is 4.79 Å². The second-order valence-electron chi connectivity index (χ2n) is 4.20. The van der Waals surface area contributed by atoms with Crippen LogP contribution in [0.5, 0.6) is 0 Å². The van der Waals surface area contributed by atoms with Crippen LogP contribution in [0.2, 0.25) is 0 Å². The molecule has 0 aliphatic heterocycles. The summed E-state index contributed by atoms with van der Waals surface area (Å²) in [5, 5.41) is 30.3. The molecule has 9 heteroatoms. The molecule has 0 saturated carbocycles. The van der Waals surface area contributed by atoms with Crippen molar-refractivity contribution in [2.75, 3.05) is 0 Å². The molecular weight excluding hydrogens is 254 g/mol. The highest BCUT2D eigenvalue weighted by atomic mass is 16.4. The van der Waals surface area contributed by atoms with Crippen LogP contribution < -0.4 is 10.6 Å². The van der Waals surface area contributed by atoms with Crippen LogP contribution in [-0.2, 0) is 11.8 Å². The van der Waals surface area contributed by atoms with E-state index in [-0.39, 0.29) is 0 Å². The Morgan fingerprint density at radius 1 is 1.37 bits per heavy atom. The molecule has 19 heavy (non-hydrogen) atoms. The van der Waals surface area contributed by atoms with E-state index in [1.807, 2.05) is 0 Å². The van der Waals surface area contributed by atoms with Gasteiger partial charge in [-0.05, 0) is 13.8 Å². The lowest BCUT2D eigenvalue weighted by atomic mass is 10.2. The van der Waals surface area contributed by atoms with E-state index in [1.165, 1.54) is 13.3 Å². The van der Waals surface area contributed by atoms with Crippen molar-refractivity contribution >= 4 is 12.0 Å². The molecule has 0 fully saturated rings. The predicted molar refractivity (Wildman–Crippen MR) is 64.2 cm³/mol. The third kappa shape index (κ3) is 3.91. The zero-order valence-corrected chi connectivity index (χ0v) is 10.9. The Morgan fingerprint density at radius 2 is 2.00 bits per heavy atom. The molecule has 0 radical (unpaired) electrons. The Balaban J connectivity index is 2.60. The topological polar surface area (TPSA) is 129 Å². The van der Waals surface area contributed by atoms with E-state index in [4.69, 9.17) is 5.11 Å². The molecule has 0 spiro atoms. The summed E-state index contributed by atoms with van der Waals surface area (Å²) in [6.07, 6.45) is 0.287. The summed E-state index contributed by atoms with van der Waals surface area (Å²) in [5.41, 5.74) is 0. The number of carbonyl (C=O) groups is 2. The third-order valence-corrected chi connectivity index (χ3v) is 2.52. The number of hydrogen-bond acceptors (Lipinski definition) is 5. The van der Waals surface area contributed by atoms with E-state index in [9.17, 15) is 14.7 Å². The average Bonchev–Trinajstić information content (AvgIpc) is 2.71. The molecule has 1 aromatic rings. The number of aliphatic hydroxyl groups is 1. The number of nitrogens with one attached hydrogen (secondary N) is 2. The number of aliphatic carboxylic acids is 1. The number of carboxylic acid groups (broad SMARTS) is 1. The summed E-state index contributed by atoms with van der Waals surface area (Å²) in [4.78, 5) is 22.4. The number of nitrogens with zero attached hydrogens (tertiary/aromatic N) is 3. The SMILES string of the molecule is CC(NC(=O)N[C@H](C(=O)O)[C@@H](C)O)c1nncn1C. The number of carbonyl (C=O) groups excluding carboxylic acids is 1. The average molecular weight is 271 g/mol. The maximum Gasteiger partial charge on any atom is 0.328 e. The minimum Gasteiger partial charge on any atom is -0.480 e. The fourth-order valence-electron chi connectivity index (χ4n) is 1.52. The van der Waals surface area contributed by atoms with Crippen LogP contribution in [0.25, 0.3) is 0 Å². The number of aliphatic hydroxyl groups excluding tert-OH is 1. The molecule has 1 rings (SSSR count). The number of carboxylic acids is 1. The van der Waals surface area contributed by atoms with E-state index in [1.54, 1.807) is 18.5 Å². The zero-order valence-electron chi connectivity index (χ0n) is 10.9. The smallest absolute Gasteiger partial charge is 0.328 e. The van der Waals surface area contributed by atoms with Gasteiger partial charge in [-0.25, -0.2) is 9.59 Å². The molecule has 0 saturated heterocycles. The number of hydrogen-bond donors (Lipinski definition) is 4. The minimum absolute atomic E-state index is 0.448. The molecule has 3 atom stereocenters. The third-order valence-electron chi connectivity index (χ3n) is 2.52. The van der Waals surface area contributed by atoms with Gasteiger partial charge in [0.2, 0.25) is 0 Å². The predicted octanol–water partition coefficient (Wildman–Crippen LogP) is -0.991. The van der Waals surface area contributed by atoms with Crippen LogP contribution in [0.15, 0.2) is 6.33 Å². The van der Waals surface area contributed by atoms with Crippen LogP contribution in [0, 0.1) is 0 Å². The van der Waals surface area contributed by atoms with Gasteiger partial charge in [0.05, 0.1) is 12.1 Å². The summed E-state index contributed by atoms with van der Waals surface area (Å²) in [6.45, 7) is 2.97. The molecule has 4 N–H and O–H groups in total. The Kier molecular flexibility index (Phi) is 4.81. The van der Waals surface area contributed by atoms with Gasteiger partial charge in [0, 0.05) is 7.05 Å². The summed E-state index contributed by atoms with van der Waals surface area (Å²) in [7, 11) is 1.72. The molecule has 1 heterocycles. The van der Waals surface area contributed by atoms with Gasteiger partial charge in [0.15, 0.2) is 11.9 Å². The van der Waals surface area contributed by atoms with E-state index >= 15 is 0 Å². The fraction of sp³-hybridized carbons (Fsp3) is 0.600. The molecule has 0 aliphatic rings. The van der Waals surface area contributed by atoms with Crippen molar-refractivity contribution in [2.45, 2.75) is 32.0 Å². The van der Waals surface area contributed by atoms with Crippen molar-refractivity contribution in [1.29, 1.82) is 0 Å². The first kappa shape index (κ1) is 14.9. The second kappa shape index (κ2) is 6.14. The number of urea groups is 1. The fourth-order valence-corrected chi connectivity index (χ4v) is 1.52. The lowest BCUT2D eigenvalue weighted by Crippen LogP contribution is -2.51. The van der Waals surface area contributed by atoms with Crippen molar-refractivity contribution in [1.82, 2.24) is 25.4 Å². The number of rotatable bonds is 5. The van der Waals surface area contributed by atoms with Crippen LogP contribution in [-0.4, -0.2) is 49.1 Å². The Labute approximate surface area is 109 Å². The van der Waals surface area contributed by atoms with Gasteiger partial charge in [-0.3, -0.25) is 0 Å². The largest absolute Gasteiger partial charge is 0.480 e.